The Hall–Kier alpha value is -2.96. The molecular weight excluding hydrogens is 332 g/mol. The Labute approximate surface area is 149 Å². The number of imide groups is 1. The molecule has 7 heteroatoms. The lowest BCUT2D eigenvalue weighted by Crippen LogP contribution is -2.52. The smallest absolute Gasteiger partial charge is 0.255 e. The van der Waals surface area contributed by atoms with Gasteiger partial charge in [-0.05, 0) is 42.5 Å². The van der Waals surface area contributed by atoms with E-state index in [0.29, 0.717) is 24.4 Å². The molecule has 3 heterocycles. The molecule has 2 aromatic rings. The van der Waals surface area contributed by atoms with Crippen LogP contribution in [0.5, 0.6) is 0 Å². The predicted octanol–water partition coefficient (Wildman–Crippen LogP) is 1.72. The van der Waals surface area contributed by atoms with Crippen LogP contribution in [0.4, 0.5) is 0 Å². The summed E-state index contributed by atoms with van der Waals surface area (Å²) in [4.78, 5) is 37.8. The van der Waals surface area contributed by atoms with Gasteiger partial charge in [-0.15, -0.1) is 0 Å². The number of H-pyrrole nitrogens is 1. The average molecular weight is 350 g/mol. The number of aromatic nitrogens is 2. The monoisotopic (exact) mass is 350 g/mol. The van der Waals surface area contributed by atoms with Crippen molar-refractivity contribution in [2.24, 2.45) is 0 Å². The third-order valence-corrected chi connectivity index (χ3v) is 5.49. The molecule has 7 nitrogen and oxygen atoms in total. The molecule has 26 heavy (non-hydrogen) atoms. The predicted molar refractivity (Wildman–Crippen MR) is 92.0 cm³/mol. The Balaban J connectivity index is 1.45. The fourth-order valence-corrected chi connectivity index (χ4v) is 3.95. The molecule has 2 N–H and O–H groups in total. The number of aromatic amines is 1. The second-order valence-corrected chi connectivity index (χ2v) is 7.24. The molecule has 0 radical (unpaired) electrons. The summed E-state index contributed by atoms with van der Waals surface area (Å²) in [5.74, 6) is -0.239. The van der Waals surface area contributed by atoms with E-state index in [0.717, 1.165) is 22.4 Å². The minimum absolute atomic E-state index is 0.143. The topological polar surface area (TPSA) is 95.2 Å². The summed E-state index contributed by atoms with van der Waals surface area (Å²) >= 11 is 0. The first-order valence-electron chi connectivity index (χ1n) is 8.93. The molecule has 1 saturated heterocycles. The van der Waals surface area contributed by atoms with E-state index in [4.69, 9.17) is 0 Å². The molecule has 3 amide bonds. The van der Waals surface area contributed by atoms with Crippen LogP contribution in [0.2, 0.25) is 0 Å². The number of nitrogens with one attached hydrogen (secondary N) is 2. The van der Waals surface area contributed by atoms with E-state index in [9.17, 15) is 14.4 Å². The summed E-state index contributed by atoms with van der Waals surface area (Å²) in [5.41, 5.74) is 4.84. The van der Waals surface area contributed by atoms with Crippen LogP contribution < -0.4 is 5.32 Å². The summed E-state index contributed by atoms with van der Waals surface area (Å²) < 4.78 is 0. The number of piperidine rings is 1. The van der Waals surface area contributed by atoms with Gasteiger partial charge in [0, 0.05) is 35.7 Å². The Morgan fingerprint density at radius 1 is 1.08 bits per heavy atom. The molecule has 1 aliphatic carbocycles. The number of benzene rings is 1. The number of amides is 3. The van der Waals surface area contributed by atoms with Crippen molar-refractivity contribution in [3.05, 3.63) is 41.2 Å². The number of carbonyl (C=O) groups is 3. The quantitative estimate of drug-likeness (QED) is 0.824. The van der Waals surface area contributed by atoms with Gasteiger partial charge in [0.25, 0.3) is 5.91 Å². The Kier molecular flexibility index (Phi) is 3.25. The molecule has 1 saturated carbocycles. The van der Waals surface area contributed by atoms with E-state index < -0.39 is 6.04 Å². The van der Waals surface area contributed by atoms with Crippen LogP contribution in [0.25, 0.3) is 11.1 Å². The van der Waals surface area contributed by atoms with Crippen LogP contribution in [0.1, 0.15) is 53.2 Å². The zero-order chi connectivity index (χ0) is 17.8. The van der Waals surface area contributed by atoms with Crippen molar-refractivity contribution < 1.29 is 14.4 Å². The van der Waals surface area contributed by atoms with Gasteiger partial charge in [-0.2, -0.15) is 5.10 Å². The van der Waals surface area contributed by atoms with E-state index in [1.807, 2.05) is 24.4 Å². The van der Waals surface area contributed by atoms with Crippen molar-refractivity contribution in [3.8, 4) is 11.1 Å². The third kappa shape index (κ3) is 2.34. The van der Waals surface area contributed by atoms with Gasteiger partial charge < -0.3 is 4.90 Å². The summed E-state index contributed by atoms with van der Waals surface area (Å²) in [6.07, 6.45) is 4.85. The zero-order valence-corrected chi connectivity index (χ0v) is 14.1. The van der Waals surface area contributed by atoms with Gasteiger partial charge in [0.15, 0.2) is 0 Å². The number of hydrogen-bond acceptors (Lipinski definition) is 4. The van der Waals surface area contributed by atoms with Gasteiger partial charge >= 0.3 is 0 Å². The van der Waals surface area contributed by atoms with Crippen LogP contribution in [0.15, 0.2) is 24.4 Å². The number of hydrogen-bond donors (Lipinski definition) is 2. The molecule has 132 valence electrons. The lowest BCUT2D eigenvalue weighted by molar-refractivity contribution is -0.136. The van der Waals surface area contributed by atoms with E-state index in [-0.39, 0.29) is 24.1 Å². The van der Waals surface area contributed by atoms with Crippen LogP contribution >= 0.6 is 0 Å². The normalized spacial score (nSPS) is 22.5. The standard InChI is InChI=1S/C19H18N4O3/c24-16-6-5-15(18(25)21-16)23-9-12-7-11(3-4-13(12)19(23)26)14-8-20-22-17(14)10-1-2-10/h3-4,7-8,10,15H,1-2,5-6,9H2,(H,20,22)(H,21,24,25). The Morgan fingerprint density at radius 3 is 2.69 bits per heavy atom. The molecule has 1 aromatic heterocycles. The highest BCUT2D eigenvalue weighted by atomic mass is 16.2. The van der Waals surface area contributed by atoms with E-state index >= 15 is 0 Å². The van der Waals surface area contributed by atoms with Crippen molar-refractivity contribution in [3.63, 3.8) is 0 Å². The Bertz CT molecular complexity index is 944. The third-order valence-electron chi connectivity index (χ3n) is 5.49. The highest BCUT2D eigenvalue weighted by molar-refractivity contribution is 6.05. The van der Waals surface area contributed by atoms with Crippen molar-refractivity contribution in [2.75, 3.05) is 0 Å². The number of rotatable bonds is 3. The lowest BCUT2D eigenvalue weighted by Gasteiger charge is -2.29. The van der Waals surface area contributed by atoms with Gasteiger partial charge in [0.05, 0.1) is 6.20 Å². The maximum absolute atomic E-state index is 12.7. The summed E-state index contributed by atoms with van der Waals surface area (Å²) in [5, 5.41) is 9.62. The minimum atomic E-state index is -0.577. The summed E-state index contributed by atoms with van der Waals surface area (Å²) in [7, 11) is 0. The SMILES string of the molecule is O=C1CCC(N2Cc3cc(-c4cn[nH]c4C4CC4)ccc3C2=O)C(=O)N1. The fraction of sp³-hybridized carbons (Fsp3) is 0.368. The maximum atomic E-state index is 12.7. The minimum Gasteiger partial charge on any atom is -0.322 e. The van der Waals surface area contributed by atoms with Crippen LogP contribution in [0, 0.1) is 0 Å². The maximum Gasteiger partial charge on any atom is 0.255 e. The van der Waals surface area contributed by atoms with E-state index in [2.05, 4.69) is 15.5 Å². The molecule has 1 unspecified atom stereocenters. The zero-order valence-electron chi connectivity index (χ0n) is 14.1. The van der Waals surface area contributed by atoms with Crippen LogP contribution in [-0.2, 0) is 16.1 Å². The molecular formula is C19H18N4O3. The molecule has 2 fully saturated rings. The average Bonchev–Trinajstić information content (AvgIpc) is 3.26. The van der Waals surface area contributed by atoms with Gasteiger partial charge in [-0.1, -0.05) is 6.07 Å². The molecule has 2 aliphatic heterocycles. The fourth-order valence-electron chi connectivity index (χ4n) is 3.95. The summed E-state index contributed by atoms with van der Waals surface area (Å²) in [6.45, 7) is 0.394. The first-order chi connectivity index (χ1) is 12.6. The van der Waals surface area contributed by atoms with Gasteiger partial charge in [-0.25, -0.2) is 0 Å². The molecule has 0 spiro atoms. The van der Waals surface area contributed by atoms with Gasteiger partial charge in [0.1, 0.15) is 6.04 Å². The first-order valence-corrected chi connectivity index (χ1v) is 8.93. The first kappa shape index (κ1) is 15.3. The van der Waals surface area contributed by atoms with Crippen molar-refractivity contribution in [2.45, 2.75) is 44.2 Å². The molecule has 5 rings (SSSR count). The van der Waals surface area contributed by atoms with E-state index in [1.54, 1.807) is 4.90 Å². The molecule has 3 aliphatic rings. The molecule has 0 bridgehead atoms. The lowest BCUT2D eigenvalue weighted by atomic mass is 9.99. The van der Waals surface area contributed by atoms with Crippen LogP contribution in [0.3, 0.4) is 0 Å². The molecule has 1 atom stereocenters. The van der Waals surface area contributed by atoms with Crippen molar-refractivity contribution >= 4 is 17.7 Å². The number of nitrogens with zero attached hydrogens (tertiary/aromatic N) is 2. The number of carbonyl (C=O) groups excluding carboxylic acids is 3. The van der Waals surface area contributed by atoms with Gasteiger partial charge in [0.2, 0.25) is 11.8 Å². The summed E-state index contributed by atoms with van der Waals surface area (Å²) in [6, 6.07) is 5.23. The second kappa shape index (κ2) is 5.52. The highest BCUT2D eigenvalue weighted by Gasteiger charge is 2.39. The Morgan fingerprint density at radius 2 is 1.92 bits per heavy atom. The van der Waals surface area contributed by atoms with Gasteiger partial charge in [-0.3, -0.25) is 24.8 Å². The molecule has 1 aromatic carbocycles. The van der Waals surface area contributed by atoms with E-state index in [1.165, 1.54) is 12.8 Å². The second-order valence-electron chi connectivity index (χ2n) is 7.24. The highest BCUT2D eigenvalue weighted by Crippen LogP contribution is 2.43. The van der Waals surface area contributed by atoms with Crippen molar-refractivity contribution in [1.29, 1.82) is 0 Å². The van der Waals surface area contributed by atoms with Crippen molar-refractivity contribution in [1.82, 2.24) is 20.4 Å². The van der Waals surface area contributed by atoms with Crippen LogP contribution in [-0.4, -0.2) is 38.9 Å². The number of fused-ring (bicyclic) bond motifs is 1. The largest absolute Gasteiger partial charge is 0.322 e.